The highest BCUT2D eigenvalue weighted by atomic mass is 32.2. The Labute approximate surface area is 194 Å². The Bertz CT molecular complexity index is 1220. The molecule has 1 aliphatic heterocycles. The maximum atomic E-state index is 11.7. The van der Waals surface area contributed by atoms with Crippen molar-refractivity contribution in [1.82, 2.24) is 24.8 Å². The fourth-order valence-corrected chi connectivity index (χ4v) is 5.96. The molecule has 176 valence electrons. The topological polar surface area (TPSA) is 116 Å². The molecule has 1 aliphatic carbocycles. The van der Waals surface area contributed by atoms with Gasteiger partial charge in [-0.2, -0.15) is 9.97 Å². The highest BCUT2D eigenvalue weighted by molar-refractivity contribution is 7.91. The van der Waals surface area contributed by atoms with Crippen LogP contribution in [0.1, 0.15) is 43.2 Å². The largest absolute Gasteiger partial charge is 0.365 e. The lowest BCUT2D eigenvalue weighted by atomic mass is 9.95. The van der Waals surface area contributed by atoms with Gasteiger partial charge in [0, 0.05) is 31.4 Å². The second-order valence-corrected chi connectivity index (χ2v) is 11.5. The van der Waals surface area contributed by atoms with Gasteiger partial charge in [-0.25, -0.2) is 13.4 Å². The minimum absolute atomic E-state index is 0.246. The number of imidazole rings is 1. The molecule has 9 nitrogen and oxygen atoms in total. The number of hydrogen-bond acceptors (Lipinski definition) is 8. The van der Waals surface area contributed by atoms with Crippen LogP contribution in [0.2, 0.25) is 0 Å². The molecule has 1 saturated heterocycles. The molecule has 0 bridgehead atoms. The first-order valence-electron chi connectivity index (χ1n) is 11.7. The van der Waals surface area contributed by atoms with Crippen molar-refractivity contribution in [2.75, 3.05) is 35.2 Å². The highest BCUT2D eigenvalue weighted by Gasteiger charge is 2.22. The molecule has 0 spiro atoms. The van der Waals surface area contributed by atoms with Crippen molar-refractivity contribution in [2.24, 2.45) is 0 Å². The molecule has 0 atom stereocenters. The lowest BCUT2D eigenvalue weighted by molar-refractivity contribution is 0.287. The van der Waals surface area contributed by atoms with Crippen LogP contribution in [0.3, 0.4) is 0 Å². The summed E-state index contributed by atoms with van der Waals surface area (Å²) in [5, 5.41) is 6.96. The number of H-pyrrole nitrogens is 1. The summed E-state index contributed by atoms with van der Waals surface area (Å²) in [5.74, 6) is 1.80. The van der Waals surface area contributed by atoms with E-state index in [4.69, 9.17) is 4.98 Å². The van der Waals surface area contributed by atoms with Gasteiger partial charge in [0.2, 0.25) is 5.95 Å². The van der Waals surface area contributed by atoms with Gasteiger partial charge in [-0.3, -0.25) is 4.90 Å². The molecular formula is C23H31N7O2S. The Kier molecular flexibility index (Phi) is 6.20. The molecule has 1 aromatic carbocycles. The molecule has 0 unspecified atom stereocenters. The summed E-state index contributed by atoms with van der Waals surface area (Å²) in [4.78, 5) is 19.1. The second-order valence-electron chi connectivity index (χ2n) is 9.18. The minimum Gasteiger partial charge on any atom is -0.365 e. The maximum Gasteiger partial charge on any atom is 0.231 e. The number of aryl methyl sites for hydroxylation is 1. The third kappa shape index (κ3) is 5.27. The zero-order valence-corrected chi connectivity index (χ0v) is 19.8. The zero-order chi connectivity index (χ0) is 22.8. The molecule has 2 fully saturated rings. The third-order valence-electron chi connectivity index (χ3n) is 6.61. The van der Waals surface area contributed by atoms with Crippen LogP contribution in [0.25, 0.3) is 11.2 Å². The fraction of sp³-hybridized carbons (Fsp3) is 0.522. The van der Waals surface area contributed by atoms with E-state index in [0.29, 0.717) is 30.7 Å². The van der Waals surface area contributed by atoms with E-state index in [9.17, 15) is 8.42 Å². The Morgan fingerprint density at radius 1 is 1.12 bits per heavy atom. The summed E-state index contributed by atoms with van der Waals surface area (Å²) in [6.07, 6.45) is 7.77. The van der Waals surface area contributed by atoms with Gasteiger partial charge in [0.15, 0.2) is 21.3 Å². The van der Waals surface area contributed by atoms with Crippen molar-refractivity contribution >= 4 is 38.5 Å². The first kappa shape index (κ1) is 22.1. The maximum absolute atomic E-state index is 11.7. The Hall–Kier alpha value is -2.72. The molecule has 0 amide bonds. The standard InChI is InChI=1S/C23H31N7O2S/c1-16-13-17(14-30-9-11-33(31,32)12-10-30)7-8-19(16)27-23-28-21-20(24-15-25-21)22(29-23)26-18-5-3-2-4-6-18/h7-8,13,15,18H,2-6,9-12,14H2,1H3,(H3,24,25,26,27,28,29). The highest BCUT2D eigenvalue weighted by Crippen LogP contribution is 2.27. The summed E-state index contributed by atoms with van der Waals surface area (Å²) in [6.45, 7) is 3.99. The molecule has 10 heteroatoms. The van der Waals surface area contributed by atoms with E-state index >= 15 is 0 Å². The average Bonchev–Trinajstić information content (AvgIpc) is 3.27. The minimum atomic E-state index is -2.86. The average molecular weight is 470 g/mol. The monoisotopic (exact) mass is 469 g/mol. The molecule has 2 aliphatic rings. The summed E-state index contributed by atoms with van der Waals surface area (Å²) in [5.41, 5.74) is 4.67. The van der Waals surface area contributed by atoms with E-state index < -0.39 is 9.84 Å². The lowest BCUT2D eigenvalue weighted by Crippen LogP contribution is -2.39. The van der Waals surface area contributed by atoms with Crippen molar-refractivity contribution in [3.63, 3.8) is 0 Å². The number of aromatic nitrogens is 4. The van der Waals surface area contributed by atoms with E-state index in [2.05, 4.69) is 49.5 Å². The Balaban J connectivity index is 1.31. The molecule has 3 heterocycles. The van der Waals surface area contributed by atoms with E-state index in [1.54, 1.807) is 6.33 Å². The third-order valence-corrected chi connectivity index (χ3v) is 8.22. The van der Waals surface area contributed by atoms with E-state index in [1.165, 1.54) is 24.8 Å². The van der Waals surface area contributed by atoms with Gasteiger partial charge in [0.05, 0.1) is 17.8 Å². The number of nitrogens with zero attached hydrogens (tertiary/aromatic N) is 4. The van der Waals surface area contributed by atoms with Crippen LogP contribution in [0.5, 0.6) is 0 Å². The number of aromatic amines is 1. The lowest BCUT2D eigenvalue weighted by Gasteiger charge is -2.26. The number of sulfone groups is 1. The molecule has 5 rings (SSSR count). The number of hydrogen-bond donors (Lipinski definition) is 3. The van der Waals surface area contributed by atoms with Crippen molar-refractivity contribution < 1.29 is 8.42 Å². The van der Waals surface area contributed by atoms with Gasteiger partial charge in [0.25, 0.3) is 0 Å². The van der Waals surface area contributed by atoms with Crippen LogP contribution in [-0.2, 0) is 16.4 Å². The van der Waals surface area contributed by atoms with Gasteiger partial charge in [-0.15, -0.1) is 0 Å². The number of rotatable bonds is 6. The van der Waals surface area contributed by atoms with Gasteiger partial charge in [0.1, 0.15) is 5.52 Å². The van der Waals surface area contributed by atoms with Crippen LogP contribution in [0, 0.1) is 6.92 Å². The first-order chi connectivity index (χ1) is 15.9. The number of anilines is 3. The predicted molar refractivity (Wildman–Crippen MR) is 131 cm³/mol. The van der Waals surface area contributed by atoms with E-state index in [-0.39, 0.29) is 11.5 Å². The van der Waals surface area contributed by atoms with Crippen LogP contribution in [0.4, 0.5) is 17.5 Å². The normalized spacial score (nSPS) is 19.5. The molecule has 2 aromatic heterocycles. The Morgan fingerprint density at radius 3 is 2.67 bits per heavy atom. The number of nitrogens with one attached hydrogen (secondary N) is 3. The van der Waals surface area contributed by atoms with E-state index in [0.717, 1.165) is 42.0 Å². The van der Waals surface area contributed by atoms with Crippen molar-refractivity contribution in [1.29, 1.82) is 0 Å². The van der Waals surface area contributed by atoms with Crippen LogP contribution >= 0.6 is 0 Å². The zero-order valence-electron chi connectivity index (χ0n) is 19.0. The van der Waals surface area contributed by atoms with E-state index in [1.807, 2.05) is 6.07 Å². The van der Waals surface area contributed by atoms with Crippen LogP contribution in [-0.4, -0.2) is 63.9 Å². The summed E-state index contributed by atoms with van der Waals surface area (Å²) < 4.78 is 23.3. The SMILES string of the molecule is Cc1cc(CN2CCS(=O)(=O)CC2)ccc1Nc1nc(NC2CCCCC2)c2[nH]cnc2n1. The van der Waals surface area contributed by atoms with Crippen molar-refractivity contribution in [3.8, 4) is 0 Å². The fourth-order valence-electron chi connectivity index (χ4n) is 4.69. The van der Waals surface area contributed by atoms with Gasteiger partial charge in [-0.1, -0.05) is 31.4 Å². The molecule has 1 saturated carbocycles. The molecule has 33 heavy (non-hydrogen) atoms. The van der Waals surface area contributed by atoms with Gasteiger partial charge in [-0.05, 0) is 37.0 Å². The van der Waals surface area contributed by atoms with Gasteiger partial charge < -0.3 is 15.6 Å². The summed E-state index contributed by atoms with van der Waals surface area (Å²) >= 11 is 0. The molecular weight excluding hydrogens is 438 g/mol. The number of fused-ring (bicyclic) bond motifs is 1. The molecule has 3 N–H and O–H groups in total. The van der Waals surface area contributed by atoms with Crippen molar-refractivity contribution in [2.45, 2.75) is 51.6 Å². The Morgan fingerprint density at radius 2 is 1.91 bits per heavy atom. The number of benzene rings is 1. The van der Waals surface area contributed by atoms with Crippen LogP contribution < -0.4 is 10.6 Å². The predicted octanol–water partition coefficient (Wildman–Crippen LogP) is 3.38. The summed E-state index contributed by atoms with van der Waals surface area (Å²) in [6, 6.07) is 6.68. The van der Waals surface area contributed by atoms with Gasteiger partial charge >= 0.3 is 0 Å². The quantitative estimate of drug-likeness (QED) is 0.503. The molecule has 0 radical (unpaired) electrons. The smallest absolute Gasteiger partial charge is 0.231 e. The first-order valence-corrected chi connectivity index (χ1v) is 13.5. The van der Waals surface area contributed by atoms with Crippen LogP contribution in [0.15, 0.2) is 24.5 Å². The van der Waals surface area contributed by atoms with Crippen molar-refractivity contribution in [3.05, 3.63) is 35.7 Å². The second kappa shape index (κ2) is 9.26. The summed E-state index contributed by atoms with van der Waals surface area (Å²) in [7, 11) is -2.86. The molecule has 3 aromatic rings.